The SMILES string of the molecule is CC1CCCC2(C)C1c1cc(-c3ccc4c(c3)Cc3c-4c4ccccc4c4cc(-c5ccc6c(c5)C5C(C)CCCC5(C)N6c5ccccc5)ccc34)ccc1N2c1ccccc1. The molecule has 2 saturated carbocycles. The quantitative estimate of drug-likeness (QED) is 0.163. The van der Waals surface area contributed by atoms with E-state index in [0.29, 0.717) is 23.7 Å². The Kier molecular flexibility index (Phi) is 8.13. The fourth-order valence-corrected chi connectivity index (χ4v) is 14.5. The van der Waals surface area contributed by atoms with E-state index in [9.17, 15) is 0 Å². The van der Waals surface area contributed by atoms with Crippen LogP contribution in [0.5, 0.6) is 0 Å². The summed E-state index contributed by atoms with van der Waals surface area (Å²) in [6.45, 7) is 10.0. The summed E-state index contributed by atoms with van der Waals surface area (Å²) < 4.78 is 0. The molecule has 8 aromatic carbocycles. The van der Waals surface area contributed by atoms with E-state index in [2.05, 4.69) is 195 Å². The molecule has 310 valence electrons. The number of benzene rings is 8. The number of nitrogens with zero attached hydrogens (tertiary/aromatic N) is 2. The molecule has 0 bridgehead atoms. The molecule has 8 aromatic rings. The second-order valence-corrected chi connectivity index (χ2v) is 20.5. The summed E-state index contributed by atoms with van der Waals surface area (Å²) in [6.07, 6.45) is 8.56. The maximum absolute atomic E-state index is 2.68. The molecule has 3 aliphatic carbocycles. The first-order valence-corrected chi connectivity index (χ1v) is 23.9. The van der Waals surface area contributed by atoms with Crippen LogP contribution in [-0.4, -0.2) is 11.1 Å². The van der Waals surface area contributed by atoms with Crippen molar-refractivity contribution >= 4 is 44.3 Å². The van der Waals surface area contributed by atoms with Crippen molar-refractivity contribution in [2.75, 3.05) is 9.80 Å². The highest BCUT2D eigenvalue weighted by Crippen LogP contribution is 2.61. The van der Waals surface area contributed by atoms with Crippen LogP contribution in [0.2, 0.25) is 0 Å². The maximum atomic E-state index is 2.68. The van der Waals surface area contributed by atoms with Crippen LogP contribution in [0.15, 0.2) is 158 Å². The number of hydrogen-bond donors (Lipinski definition) is 0. The van der Waals surface area contributed by atoms with Crippen LogP contribution >= 0.6 is 0 Å². The molecule has 2 aliphatic heterocycles. The summed E-state index contributed by atoms with van der Waals surface area (Å²) in [4.78, 5) is 5.37. The number of fused-ring (bicyclic) bond motifs is 14. The van der Waals surface area contributed by atoms with Crippen molar-refractivity contribution < 1.29 is 0 Å². The molecule has 0 amide bonds. The van der Waals surface area contributed by atoms with Gasteiger partial charge in [0.1, 0.15) is 0 Å². The Labute approximate surface area is 373 Å². The molecule has 6 unspecified atom stereocenters. The Bertz CT molecular complexity index is 3150. The Hall–Kier alpha value is -6.12. The van der Waals surface area contributed by atoms with Gasteiger partial charge in [-0.05, 0) is 190 Å². The Balaban J connectivity index is 0.889. The molecule has 0 N–H and O–H groups in total. The number of para-hydroxylation sites is 2. The molecule has 2 heterocycles. The summed E-state index contributed by atoms with van der Waals surface area (Å²) in [5.74, 6) is 2.30. The van der Waals surface area contributed by atoms with Crippen molar-refractivity contribution in [1.82, 2.24) is 0 Å². The molecule has 2 fully saturated rings. The van der Waals surface area contributed by atoms with Gasteiger partial charge in [0.05, 0.1) is 0 Å². The largest absolute Gasteiger partial charge is 0.335 e. The van der Waals surface area contributed by atoms with Crippen molar-refractivity contribution in [3.8, 4) is 33.4 Å². The molecule has 13 rings (SSSR count). The molecule has 2 nitrogen and oxygen atoms in total. The van der Waals surface area contributed by atoms with Gasteiger partial charge < -0.3 is 9.80 Å². The van der Waals surface area contributed by atoms with E-state index in [4.69, 9.17) is 0 Å². The highest BCUT2D eigenvalue weighted by Gasteiger charge is 2.53. The molecule has 6 atom stereocenters. The zero-order chi connectivity index (χ0) is 42.2. The topological polar surface area (TPSA) is 6.48 Å². The van der Waals surface area contributed by atoms with E-state index in [1.807, 2.05) is 0 Å². The maximum Gasteiger partial charge on any atom is 0.0495 e. The second-order valence-electron chi connectivity index (χ2n) is 20.5. The first kappa shape index (κ1) is 37.4. The van der Waals surface area contributed by atoms with Gasteiger partial charge in [-0.2, -0.15) is 0 Å². The highest BCUT2D eigenvalue weighted by atomic mass is 15.2. The molecule has 0 radical (unpaired) electrons. The van der Waals surface area contributed by atoms with E-state index < -0.39 is 0 Å². The summed E-state index contributed by atoms with van der Waals surface area (Å²) >= 11 is 0. The molecule has 2 heteroatoms. The predicted molar refractivity (Wildman–Crippen MR) is 266 cm³/mol. The van der Waals surface area contributed by atoms with Crippen LogP contribution in [0.4, 0.5) is 22.7 Å². The van der Waals surface area contributed by atoms with E-state index in [1.54, 1.807) is 0 Å². The smallest absolute Gasteiger partial charge is 0.0495 e. The van der Waals surface area contributed by atoms with Crippen LogP contribution in [0.1, 0.15) is 100 Å². The van der Waals surface area contributed by atoms with E-state index >= 15 is 0 Å². The molecule has 0 saturated heterocycles. The molecular weight excluding hydrogens is 761 g/mol. The van der Waals surface area contributed by atoms with Crippen molar-refractivity contribution in [1.29, 1.82) is 0 Å². The monoisotopic (exact) mass is 816 g/mol. The van der Waals surface area contributed by atoms with Gasteiger partial charge in [0, 0.05) is 45.7 Å². The van der Waals surface area contributed by atoms with Crippen LogP contribution in [-0.2, 0) is 6.42 Å². The zero-order valence-corrected chi connectivity index (χ0v) is 37.2. The van der Waals surface area contributed by atoms with Gasteiger partial charge in [0.25, 0.3) is 0 Å². The minimum Gasteiger partial charge on any atom is -0.335 e. The van der Waals surface area contributed by atoms with Crippen LogP contribution in [0.25, 0.3) is 54.9 Å². The fraction of sp³-hybridized carbons (Fsp3) is 0.279. The average molecular weight is 817 g/mol. The van der Waals surface area contributed by atoms with E-state index in [-0.39, 0.29) is 11.1 Å². The normalized spacial score (nSPS) is 25.4. The van der Waals surface area contributed by atoms with Gasteiger partial charge in [-0.3, -0.25) is 0 Å². The molecule has 5 aliphatic rings. The van der Waals surface area contributed by atoms with Crippen LogP contribution < -0.4 is 9.80 Å². The minimum absolute atomic E-state index is 0.0778. The third kappa shape index (κ3) is 5.30. The molecule has 63 heavy (non-hydrogen) atoms. The second kappa shape index (κ2) is 13.7. The van der Waals surface area contributed by atoms with Crippen LogP contribution in [0.3, 0.4) is 0 Å². The zero-order valence-electron chi connectivity index (χ0n) is 37.2. The first-order valence-electron chi connectivity index (χ1n) is 23.9. The average Bonchev–Trinajstić information content (AvgIpc) is 3.92. The third-order valence-corrected chi connectivity index (χ3v) is 17.0. The standard InChI is InChI=1S/C61H56N2/c1-38-15-13-31-60(3)58(38)53-35-42(25-29-55(53)62(60)45-17-7-5-8-18-45)40-23-27-47-44(33-40)37-52-49-28-24-41(34-51(49)48-21-11-12-22-50(48)57(47)52)43-26-30-56-54(36-43)59-39(2)16-14-32-61(59,4)63(56)46-19-9-6-10-20-46/h5-12,17-30,33-36,38-39,58-59H,13-16,31-32,37H2,1-4H3. The Morgan fingerprint density at radius 3 is 1.54 bits per heavy atom. The lowest BCUT2D eigenvalue weighted by molar-refractivity contribution is 0.223. The van der Waals surface area contributed by atoms with Gasteiger partial charge in [-0.15, -0.1) is 0 Å². The number of anilines is 4. The van der Waals surface area contributed by atoms with Gasteiger partial charge in [0.2, 0.25) is 0 Å². The fourth-order valence-electron chi connectivity index (χ4n) is 14.5. The Morgan fingerprint density at radius 1 is 0.460 bits per heavy atom. The summed E-state index contributed by atoms with van der Waals surface area (Å²) in [6, 6.07) is 60.9. The van der Waals surface area contributed by atoms with Crippen molar-refractivity contribution in [3.05, 3.63) is 180 Å². The lowest BCUT2D eigenvalue weighted by atomic mass is 9.67. The van der Waals surface area contributed by atoms with Crippen LogP contribution in [0, 0.1) is 11.8 Å². The van der Waals surface area contributed by atoms with Crippen molar-refractivity contribution in [2.24, 2.45) is 11.8 Å². The minimum atomic E-state index is 0.0778. The first-order chi connectivity index (χ1) is 30.8. The van der Waals surface area contributed by atoms with Gasteiger partial charge in [-0.1, -0.05) is 130 Å². The molecule has 0 aromatic heterocycles. The number of hydrogen-bond acceptors (Lipinski definition) is 2. The van der Waals surface area contributed by atoms with Gasteiger partial charge in [-0.25, -0.2) is 0 Å². The lowest BCUT2D eigenvalue weighted by Crippen LogP contribution is -2.47. The Morgan fingerprint density at radius 2 is 0.952 bits per heavy atom. The summed E-state index contributed by atoms with van der Waals surface area (Å²) in [7, 11) is 0. The third-order valence-electron chi connectivity index (χ3n) is 17.0. The summed E-state index contributed by atoms with van der Waals surface area (Å²) in [5, 5.41) is 5.47. The van der Waals surface area contributed by atoms with Gasteiger partial charge >= 0.3 is 0 Å². The summed E-state index contributed by atoms with van der Waals surface area (Å²) in [5.41, 5.74) is 19.7. The van der Waals surface area contributed by atoms with E-state index in [0.717, 1.165) is 6.42 Å². The van der Waals surface area contributed by atoms with Crippen molar-refractivity contribution in [3.63, 3.8) is 0 Å². The lowest BCUT2D eigenvalue weighted by Gasteiger charge is -2.46. The number of rotatable bonds is 4. The van der Waals surface area contributed by atoms with E-state index in [1.165, 1.54) is 138 Å². The predicted octanol–water partition coefficient (Wildman–Crippen LogP) is 16.5. The molecule has 0 spiro atoms. The van der Waals surface area contributed by atoms with Crippen molar-refractivity contribution in [2.45, 2.75) is 95.6 Å². The molecular formula is C61H56N2. The van der Waals surface area contributed by atoms with Gasteiger partial charge in [0.15, 0.2) is 0 Å². The highest BCUT2D eigenvalue weighted by molar-refractivity contribution is 6.18.